The third-order valence-electron chi connectivity index (χ3n) is 4.75. The molecule has 4 aromatic rings. The number of aromatic nitrogens is 2. The van der Waals surface area contributed by atoms with E-state index in [0.717, 1.165) is 23.3 Å². The van der Waals surface area contributed by atoms with E-state index in [1.165, 1.54) is 10.8 Å². The maximum atomic E-state index is 5.98. The van der Waals surface area contributed by atoms with Gasteiger partial charge in [-0.05, 0) is 60.9 Å². The summed E-state index contributed by atoms with van der Waals surface area (Å²) >= 11 is 0. The average molecular weight is 387 g/mol. The molecule has 0 unspecified atom stereocenters. The Labute approximate surface area is 170 Å². The van der Waals surface area contributed by atoms with Gasteiger partial charge in [-0.2, -0.15) is 0 Å². The molecule has 0 bridgehead atoms. The van der Waals surface area contributed by atoms with Crippen molar-refractivity contribution in [3.8, 4) is 17.2 Å². The monoisotopic (exact) mass is 387 g/mol. The summed E-state index contributed by atoms with van der Waals surface area (Å²) in [7, 11) is 0. The van der Waals surface area contributed by atoms with E-state index in [1.807, 2.05) is 50.2 Å². The van der Waals surface area contributed by atoms with Crippen molar-refractivity contribution in [2.24, 2.45) is 5.73 Å². The Morgan fingerprint density at radius 1 is 0.931 bits per heavy atom. The zero-order chi connectivity index (χ0) is 20.3. The van der Waals surface area contributed by atoms with Crippen molar-refractivity contribution in [3.63, 3.8) is 0 Å². The highest BCUT2D eigenvalue weighted by molar-refractivity contribution is 5.83. The molecule has 0 spiro atoms. The number of nitrogens with two attached hydrogens (primary N) is 1. The Kier molecular flexibility index (Phi) is 5.32. The van der Waals surface area contributed by atoms with Gasteiger partial charge in [-0.1, -0.05) is 42.5 Å². The van der Waals surface area contributed by atoms with Gasteiger partial charge in [-0.15, -0.1) is 10.2 Å². The number of rotatable bonds is 7. The molecule has 0 aliphatic heterocycles. The molecule has 148 valence electrons. The highest BCUT2D eigenvalue weighted by Crippen LogP contribution is 2.23. The first-order chi connectivity index (χ1) is 14.0. The van der Waals surface area contributed by atoms with Crippen LogP contribution in [0, 0.1) is 0 Å². The van der Waals surface area contributed by atoms with Gasteiger partial charge in [0.15, 0.2) is 0 Å². The predicted molar refractivity (Wildman–Crippen MR) is 115 cm³/mol. The van der Waals surface area contributed by atoms with Crippen LogP contribution in [0.3, 0.4) is 0 Å². The van der Waals surface area contributed by atoms with Crippen molar-refractivity contribution in [2.75, 3.05) is 6.61 Å². The van der Waals surface area contributed by atoms with Gasteiger partial charge in [0, 0.05) is 11.1 Å². The molecular weight excluding hydrogens is 362 g/mol. The van der Waals surface area contributed by atoms with Gasteiger partial charge in [0.1, 0.15) is 5.75 Å². The lowest BCUT2D eigenvalue weighted by molar-refractivity contribution is 0.274. The Hall–Kier alpha value is -3.18. The Bertz CT molecular complexity index is 1100. The first-order valence-corrected chi connectivity index (χ1v) is 9.78. The van der Waals surface area contributed by atoms with Crippen molar-refractivity contribution in [2.45, 2.75) is 32.2 Å². The zero-order valence-electron chi connectivity index (χ0n) is 16.8. The molecular formula is C24H25N3O2. The topological polar surface area (TPSA) is 74.2 Å². The van der Waals surface area contributed by atoms with Crippen LogP contribution in [-0.2, 0) is 6.42 Å². The van der Waals surface area contributed by atoms with E-state index >= 15 is 0 Å². The van der Waals surface area contributed by atoms with Gasteiger partial charge in [0.25, 0.3) is 0 Å². The number of nitrogens with zero attached hydrogens (tertiary/aromatic N) is 2. The van der Waals surface area contributed by atoms with Gasteiger partial charge < -0.3 is 14.9 Å². The van der Waals surface area contributed by atoms with Crippen molar-refractivity contribution in [3.05, 3.63) is 78.2 Å². The van der Waals surface area contributed by atoms with Crippen LogP contribution in [0.5, 0.6) is 5.75 Å². The molecule has 0 aliphatic rings. The number of fused-ring (bicyclic) bond motifs is 1. The van der Waals surface area contributed by atoms with E-state index in [1.54, 1.807) is 0 Å². The maximum Gasteiger partial charge on any atom is 0.247 e. The fraction of sp³-hybridized carbons (Fsp3) is 0.250. The van der Waals surface area contributed by atoms with Gasteiger partial charge >= 0.3 is 0 Å². The molecule has 0 amide bonds. The molecule has 5 heteroatoms. The van der Waals surface area contributed by atoms with Gasteiger partial charge in [-0.3, -0.25) is 0 Å². The van der Waals surface area contributed by atoms with Gasteiger partial charge in [0.2, 0.25) is 11.8 Å². The molecule has 1 aromatic heterocycles. The third-order valence-corrected chi connectivity index (χ3v) is 4.75. The molecule has 1 heterocycles. The molecule has 5 nitrogen and oxygen atoms in total. The summed E-state index contributed by atoms with van der Waals surface area (Å²) in [5.74, 6) is 1.91. The van der Waals surface area contributed by atoms with Crippen LogP contribution >= 0.6 is 0 Å². The van der Waals surface area contributed by atoms with Crippen molar-refractivity contribution < 1.29 is 9.15 Å². The van der Waals surface area contributed by atoms with E-state index in [9.17, 15) is 0 Å². The molecule has 0 saturated carbocycles. The van der Waals surface area contributed by atoms with Gasteiger partial charge in [0.05, 0.1) is 13.0 Å². The standard InChI is InChI=1S/C24H25N3O2/c1-24(2,25)13-14-28-21-11-9-19(10-12-21)23-27-26-22(29-23)16-17-7-8-18-5-3-4-6-20(18)15-17/h3-12,15H,13-14,16,25H2,1-2H3. The number of benzene rings is 3. The molecule has 0 atom stereocenters. The lowest BCUT2D eigenvalue weighted by Crippen LogP contribution is -2.33. The Morgan fingerprint density at radius 3 is 2.45 bits per heavy atom. The van der Waals surface area contributed by atoms with Crippen LogP contribution in [0.4, 0.5) is 0 Å². The van der Waals surface area contributed by atoms with Crippen LogP contribution in [0.2, 0.25) is 0 Å². The summed E-state index contributed by atoms with van der Waals surface area (Å²) in [6.07, 6.45) is 1.39. The van der Waals surface area contributed by atoms with E-state index < -0.39 is 0 Å². The lowest BCUT2D eigenvalue weighted by Gasteiger charge is -2.18. The highest BCUT2D eigenvalue weighted by Gasteiger charge is 2.12. The molecule has 0 fully saturated rings. The van der Waals surface area contributed by atoms with Crippen LogP contribution in [0.1, 0.15) is 31.7 Å². The minimum atomic E-state index is -0.231. The molecule has 2 N–H and O–H groups in total. The quantitative estimate of drug-likeness (QED) is 0.484. The lowest BCUT2D eigenvalue weighted by atomic mass is 10.0. The SMILES string of the molecule is CC(C)(N)CCOc1ccc(-c2nnc(Cc3ccc4ccccc4c3)o2)cc1. The zero-order valence-corrected chi connectivity index (χ0v) is 16.8. The largest absolute Gasteiger partial charge is 0.494 e. The summed E-state index contributed by atoms with van der Waals surface area (Å²) in [5.41, 5.74) is 7.76. The van der Waals surface area contributed by atoms with Crippen molar-refractivity contribution >= 4 is 10.8 Å². The van der Waals surface area contributed by atoms with Crippen molar-refractivity contribution in [1.82, 2.24) is 10.2 Å². The van der Waals surface area contributed by atoms with E-state index in [4.69, 9.17) is 14.9 Å². The highest BCUT2D eigenvalue weighted by atomic mass is 16.5. The fourth-order valence-electron chi connectivity index (χ4n) is 3.09. The summed E-state index contributed by atoms with van der Waals surface area (Å²) in [5, 5.41) is 10.8. The second kappa shape index (κ2) is 8.05. The van der Waals surface area contributed by atoms with Crippen LogP contribution < -0.4 is 10.5 Å². The molecule has 0 aliphatic carbocycles. The Morgan fingerprint density at radius 2 is 1.69 bits per heavy atom. The van der Waals surface area contributed by atoms with Crippen LogP contribution in [-0.4, -0.2) is 22.3 Å². The summed E-state index contributed by atoms with van der Waals surface area (Å²) in [4.78, 5) is 0. The molecule has 3 aromatic carbocycles. The molecule has 29 heavy (non-hydrogen) atoms. The third kappa shape index (κ3) is 5.00. The summed E-state index contributed by atoms with van der Waals surface area (Å²) < 4.78 is 11.6. The van der Waals surface area contributed by atoms with E-state index in [2.05, 4.69) is 40.5 Å². The molecule has 4 rings (SSSR count). The average Bonchev–Trinajstić information content (AvgIpc) is 3.16. The Balaban J connectivity index is 1.41. The van der Waals surface area contributed by atoms with E-state index in [0.29, 0.717) is 24.8 Å². The fourth-order valence-corrected chi connectivity index (χ4v) is 3.09. The minimum Gasteiger partial charge on any atom is -0.494 e. The molecule has 0 radical (unpaired) electrons. The molecule has 0 saturated heterocycles. The number of hydrogen-bond donors (Lipinski definition) is 1. The number of ether oxygens (including phenoxy) is 1. The minimum absolute atomic E-state index is 0.231. The smallest absolute Gasteiger partial charge is 0.247 e. The first kappa shape index (κ1) is 19.2. The van der Waals surface area contributed by atoms with Gasteiger partial charge in [-0.25, -0.2) is 0 Å². The normalized spacial score (nSPS) is 11.7. The second-order valence-electron chi connectivity index (χ2n) is 7.97. The summed E-state index contributed by atoms with van der Waals surface area (Å²) in [6, 6.07) is 22.3. The predicted octanol–water partition coefficient (Wildman–Crippen LogP) is 4.99. The summed E-state index contributed by atoms with van der Waals surface area (Å²) in [6.45, 7) is 4.56. The number of hydrogen-bond acceptors (Lipinski definition) is 5. The first-order valence-electron chi connectivity index (χ1n) is 9.78. The maximum absolute atomic E-state index is 5.98. The van der Waals surface area contributed by atoms with E-state index in [-0.39, 0.29) is 5.54 Å². The van der Waals surface area contributed by atoms with Crippen LogP contribution in [0.15, 0.2) is 71.1 Å². The second-order valence-corrected chi connectivity index (χ2v) is 7.97. The van der Waals surface area contributed by atoms with Crippen LogP contribution in [0.25, 0.3) is 22.2 Å². The van der Waals surface area contributed by atoms with Crippen molar-refractivity contribution in [1.29, 1.82) is 0 Å².